The first kappa shape index (κ1) is 10.8. The van der Waals surface area contributed by atoms with Crippen LogP contribution in [-0.4, -0.2) is 16.1 Å². The van der Waals surface area contributed by atoms with E-state index in [-0.39, 0.29) is 5.92 Å². The zero-order valence-electron chi connectivity index (χ0n) is 9.09. The van der Waals surface area contributed by atoms with E-state index in [2.05, 4.69) is 4.98 Å². The number of aromatic nitrogens is 1. The van der Waals surface area contributed by atoms with Crippen LogP contribution >= 0.6 is 0 Å². The van der Waals surface area contributed by atoms with Gasteiger partial charge in [0.2, 0.25) is 0 Å². The Bertz CT molecular complexity index is 339. The number of aromatic amines is 1. The number of H-pyrrole nitrogens is 1. The summed E-state index contributed by atoms with van der Waals surface area (Å²) in [6, 6.07) is 1.92. The Morgan fingerprint density at radius 3 is 2.29 bits per heavy atom. The lowest BCUT2D eigenvalue weighted by molar-refractivity contribution is -0.139. The van der Waals surface area contributed by atoms with E-state index >= 15 is 0 Å². The molecule has 78 valence electrons. The van der Waals surface area contributed by atoms with Crippen LogP contribution in [0.3, 0.4) is 0 Å². The maximum Gasteiger partial charge on any atom is 0.311 e. The Morgan fingerprint density at radius 1 is 1.43 bits per heavy atom. The summed E-state index contributed by atoms with van der Waals surface area (Å²) < 4.78 is 0. The summed E-state index contributed by atoms with van der Waals surface area (Å²) in [6.45, 7) is 7.72. The molecule has 0 aliphatic rings. The lowest BCUT2D eigenvalue weighted by atomic mass is 9.88. The highest BCUT2D eigenvalue weighted by atomic mass is 16.4. The van der Waals surface area contributed by atoms with Crippen molar-refractivity contribution in [3.63, 3.8) is 0 Å². The number of carboxylic acid groups (broad SMARTS) is 1. The van der Waals surface area contributed by atoms with E-state index < -0.39 is 11.9 Å². The molecule has 3 heteroatoms. The fourth-order valence-corrected chi connectivity index (χ4v) is 1.85. The van der Waals surface area contributed by atoms with Crippen molar-refractivity contribution >= 4 is 5.97 Å². The molecule has 0 spiro atoms. The van der Waals surface area contributed by atoms with Crippen LogP contribution in [-0.2, 0) is 4.79 Å². The van der Waals surface area contributed by atoms with Crippen molar-refractivity contribution < 1.29 is 9.90 Å². The quantitative estimate of drug-likeness (QED) is 0.778. The molecule has 0 radical (unpaired) electrons. The van der Waals surface area contributed by atoms with Crippen LogP contribution in [0.25, 0.3) is 0 Å². The van der Waals surface area contributed by atoms with Gasteiger partial charge in [0.15, 0.2) is 0 Å². The minimum Gasteiger partial charge on any atom is -0.481 e. The SMILES string of the molecule is Cc1cc(C(C(=O)O)C(C)C)c(C)[nH]1. The Hall–Kier alpha value is -1.25. The molecule has 2 N–H and O–H groups in total. The van der Waals surface area contributed by atoms with E-state index in [1.807, 2.05) is 33.8 Å². The third-order valence-electron chi connectivity index (χ3n) is 2.46. The number of hydrogen-bond acceptors (Lipinski definition) is 1. The van der Waals surface area contributed by atoms with E-state index in [0.29, 0.717) is 0 Å². The average Bonchev–Trinajstić information content (AvgIpc) is 2.29. The fraction of sp³-hybridized carbons (Fsp3) is 0.545. The van der Waals surface area contributed by atoms with Gasteiger partial charge in [0.05, 0.1) is 5.92 Å². The molecular weight excluding hydrogens is 178 g/mol. The maximum atomic E-state index is 11.1. The lowest BCUT2D eigenvalue weighted by Gasteiger charge is -2.15. The van der Waals surface area contributed by atoms with Crippen LogP contribution in [0.2, 0.25) is 0 Å². The summed E-state index contributed by atoms with van der Waals surface area (Å²) in [4.78, 5) is 14.2. The molecule has 0 aliphatic carbocycles. The van der Waals surface area contributed by atoms with Gasteiger partial charge in [0.25, 0.3) is 0 Å². The van der Waals surface area contributed by atoms with Crippen LogP contribution in [0.1, 0.15) is 36.7 Å². The molecule has 1 atom stereocenters. The van der Waals surface area contributed by atoms with Gasteiger partial charge in [-0.15, -0.1) is 0 Å². The van der Waals surface area contributed by atoms with Gasteiger partial charge in [0, 0.05) is 11.4 Å². The van der Waals surface area contributed by atoms with Crippen molar-refractivity contribution in [3.8, 4) is 0 Å². The minimum atomic E-state index is -0.748. The average molecular weight is 195 g/mol. The van der Waals surface area contributed by atoms with Crippen LogP contribution in [0.4, 0.5) is 0 Å². The Morgan fingerprint density at radius 2 is 2.00 bits per heavy atom. The minimum absolute atomic E-state index is 0.112. The van der Waals surface area contributed by atoms with Crippen molar-refractivity contribution in [2.45, 2.75) is 33.6 Å². The highest BCUT2D eigenvalue weighted by molar-refractivity contribution is 5.76. The number of carboxylic acids is 1. The summed E-state index contributed by atoms with van der Waals surface area (Å²) in [5.74, 6) is -1.04. The molecule has 0 aliphatic heterocycles. The normalized spacial score (nSPS) is 13.2. The van der Waals surface area contributed by atoms with E-state index in [9.17, 15) is 4.79 Å². The van der Waals surface area contributed by atoms with E-state index in [4.69, 9.17) is 5.11 Å². The van der Waals surface area contributed by atoms with Crippen molar-refractivity contribution in [1.82, 2.24) is 4.98 Å². The molecule has 1 heterocycles. The number of nitrogens with one attached hydrogen (secondary N) is 1. The topological polar surface area (TPSA) is 53.1 Å². The van der Waals surface area contributed by atoms with Gasteiger partial charge in [-0.3, -0.25) is 4.79 Å². The van der Waals surface area contributed by atoms with Crippen LogP contribution in [0, 0.1) is 19.8 Å². The van der Waals surface area contributed by atoms with Gasteiger partial charge in [-0.2, -0.15) is 0 Å². The smallest absolute Gasteiger partial charge is 0.311 e. The van der Waals surface area contributed by atoms with Gasteiger partial charge in [-0.25, -0.2) is 0 Å². The summed E-state index contributed by atoms with van der Waals surface area (Å²) in [5, 5.41) is 9.12. The standard InChI is InChI=1S/C11H17NO2/c1-6(2)10(11(13)14)9-5-7(3)12-8(9)4/h5-6,10,12H,1-4H3,(H,13,14). The van der Waals surface area contributed by atoms with Gasteiger partial charge < -0.3 is 10.1 Å². The second kappa shape index (κ2) is 3.86. The summed E-state index contributed by atoms with van der Waals surface area (Å²) in [6.07, 6.45) is 0. The predicted octanol–water partition coefficient (Wildman–Crippen LogP) is 2.46. The van der Waals surface area contributed by atoms with Crippen LogP contribution < -0.4 is 0 Å². The van der Waals surface area contributed by atoms with Crippen molar-refractivity contribution in [1.29, 1.82) is 0 Å². The van der Waals surface area contributed by atoms with Gasteiger partial charge in [-0.1, -0.05) is 13.8 Å². The van der Waals surface area contributed by atoms with Crippen molar-refractivity contribution in [2.75, 3.05) is 0 Å². The van der Waals surface area contributed by atoms with E-state index in [1.165, 1.54) is 0 Å². The third-order valence-corrected chi connectivity index (χ3v) is 2.46. The summed E-state index contributed by atoms with van der Waals surface area (Å²) in [7, 11) is 0. The second-order valence-electron chi connectivity index (χ2n) is 4.09. The van der Waals surface area contributed by atoms with Crippen LogP contribution in [0.5, 0.6) is 0 Å². The van der Waals surface area contributed by atoms with Gasteiger partial charge in [-0.05, 0) is 31.4 Å². The first-order chi connectivity index (χ1) is 6.43. The number of hydrogen-bond donors (Lipinski definition) is 2. The number of rotatable bonds is 3. The molecule has 0 saturated heterocycles. The molecule has 1 aromatic heterocycles. The largest absolute Gasteiger partial charge is 0.481 e. The Labute approximate surface area is 84.2 Å². The molecule has 0 fully saturated rings. The number of aryl methyl sites for hydroxylation is 2. The molecule has 0 amide bonds. The molecule has 1 rings (SSSR count). The lowest BCUT2D eigenvalue weighted by Crippen LogP contribution is -2.17. The number of aliphatic carboxylic acids is 1. The highest BCUT2D eigenvalue weighted by Gasteiger charge is 2.25. The summed E-state index contributed by atoms with van der Waals surface area (Å²) in [5.41, 5.74) is 2.89. The molecule has 3 nitrogen and oxygen atoms in total. The molecule has 1 aromatic rings. The zero-order chi connectivity index (χ0) is 10.9. The summed E-state index contributed by atoms with van der Waals surface area (Å²) >= 11 is 0. The van der Waals surface area contributed by atoms with E-state index in [1.54, 1.807) is 0 Å². The maximum absolute atomic E-state index is 11.1. The molecule has 0 aromatic carbocycles. The molecule has 1 unspecified atom stereocenters. The predicted molar refractivity (Wildman–Crippen MR) is 55.5 cm³/mol. The Balaban J connectivity index is 3.11. The first-order valence-corrected chi connectivity index (χ1v) is 4.82. The van der Waals surface area contributed by atoms with E-state index in [0.717, 1.165) is 17.0 Å². The highest BCUT2D eigenvalue weighted by Crippen LogP contribution is 2.27. The molecule has 0 bridgehead atoms. The van der Waals surface area contributed by atoms with Crippen molar-refractivity contribution in [2.24, 2.45) is 5.92 Å². The molecular formula is C11H17NO2. The van der Waals surface area contributed by atoms with Crippen LogP contribution in [0.15, 0.2) is 6.07 Å². The molecule has 14 heavy (non-hydrogen) atoms. The zero-order valence-corrected chi connectivity index (χ0v) is 9.09. The second-order valence-corrected chi connectivity index (χ2v) is 4.09. The first-order valence-electron chi connectivity index (χ1n) is 4.82. The Kier molecular flexibility index (Phi) is 2.99. The monoisotopic (exact) mass is 195 g/mol. The van der Waals surface area contributed by atoms with Crippen molar-refractivity contribution in [3.05, 3.63) is 23.0 Å². The van der Waals surface area contributed by atoms with Gasteiger partial charge in [0.1, 0.15) is 0 Å². The fourth-order valence-electron chi connectivity index (χ4n) is 1.85. The number of carbonyl (C=O) groups is 1. The third kappa shape index (κ3) is 1.97. The molecule has 0 saturated carbocycles. The van der Waals surface area contributed by atoms with Gasteiger partial charge >= 0.3 is 5.97 Å².